The molecular formula is C22H23N5O. The van der Waals surface area contributed by atoms with E-state index in [1.54, 1.807) is 4.90 Å². The third kappa shape index (κ3) is 3.07. The molecule has 0 unspecified atom stereocenters. The van der Waals surface area contributed by atoms with E-state index in [2.05, 4.69) is 15.2 Å². The maximum Gasteiger partial charge on any atom is 0.255 e. The molecule has 1 amide bonds. The summed E-state index contributed by atoms with van der Waals surface area (Å²) in [6, 6.07) is 13.7. The molecule has 0 aliphatic rings. The number of carbonyl (C=O) groups is 1. The second-order valence-corrected chi connectivity index (χ2v) is 7.12. The molecule has 0 bridgehead atoms. The molecule has 0 aliphatic heterocycles. The Labute approximate surface area is 163 Å². The number of nitrogens with one attached hydrogen (secondary N) is 1. The highest BCUT2D eigenvalue weighted by atomic mass is 16.2. The Morgan fingerprint density at radius 3 is 2.54 bits per heavy atom. The summed E-state index contributed by atoms with van der Waals surface area (Å²) in [6.07, 6.45) is 3.80. The van der Waals surface area contributed by atoms with Gasteiger partial charge in [-0.15, -0.1) is 0 Å². The molecule has 0 radical (unpaired) electrons. The van der Waals surface area contributed by atoms with E-state index in [0.717, 1.165) is 33.9 Å². The van der Waals surface area contributed by atoms with Crippen molar-refractivity contribution in [3.05, 3.63) is 77.4 Å². The molecule has 28 heavy (non-hydrogen) atoms. The number of rotatable bonds is 4. The molecule has 0 saturated carbocycles. The van der Waals surface area contributed by atoms with E-state index < -0.39 is 0 Å². The smallest absolute Gasteiger partial charge is 0.255 e. The summed E-state index contributed by atoms with van der Waals surface area (Å²) in [7, 11) is 1.83. The topological polar surface area (TPSA) is 66.3 Å². The summed E-state index contributed by atoms with van der Waals surface area (Å²) >= 11 is 0. The van der Waals surface area contributed by atoms with Crippen molar-refractivity contribution in [3.8, 4) is 11.3 Å². The minimum Gasteiger partial charge on any atom is -0.335 e. The Bertz CT molecular complexity index is 1120. The fourth-order valence-corrected chi connectivity index (χ4v) is 3.61. The van der Waals surface area contributed by atoms with Crippen molar-refractivity contribution in [2.24, 2.45) is 0 Å². The highest BCUT2D eigenvalue weighted by molar-refractivity contribution is 5.94. The molecule has 1 atom stereocenters. The molecule has 3 heterocycles. The maximum absolute atomic E-state index is 13.1. The molecule has 1 aromatic carbocycles. The van der Waals surface area contributed by atoms with Gasteiger partial charge in [0.05, 0.1) is 23.0 Å². The molecule has 1 N–H and O–H groups in total. The van der Waals surface area contributed by atoms with E-state index in [-0.39, 0.29) is 11.9 Å². The van der Waals surface area contributed by atoms with Crippen LogP contribution in [-0.4, -0.2) is 37.4 Å². The van der Waals surface area contributed by atoms with Gasteiger partial charge >= 0.3 is 0 Å². The number of aromatic nitrogens is 4. The van der Waals surface area contributed by atoms with Crippen molar-refractivity contribution in [2.45, 2.75) is 26.8 Å². The highest BCUT2D eigenvalue weighted by Gasteiger charge is 2.23. The number of aromatic amines is 1. The van der Waals surface area contributed by atoms with E-state index in [9.17, 15) is 4.79 Å². The zero-order valence-corrected chi connectivity index (χ0v) is 16.5. The van der Waals surface area contributed by atoms with Crippen LogP contribution in [0.2, 0.25) is 0 Å². The third-order valence-electron chi connectivity index (χ3n) is 5.27. The largest absolute Gasteiger partial charge is 0.335 e. The number of benzene rings is 1. The molecule has 0 fully saturated rings. The van der Waals surface area contributed by atoms with Gasteiger partial charge in [-0.1, -0.05) is 30.3 Å². The van der Waals surface area contributed by atoms with Crippen molar-refractivity contribution in [1.82, 2.24) is 24.5 Å². The second-order valence-electron chi connectivity index (χ2n) is 7.12. The summed E-state index contributed by atoms with van der Waals surface area (Å²) < 4.78 is 1.91. The van der Waals surface area contributed by atoms with Gasteiger partial charge in [-0.3, -0.25) is 9.89 Å². The SMILES string of the molecule is Cc1n[nH]c(C)c1[C@@H](C)N(C)C(=O)c1ccc2nc(-c3ccccc3)cn2c1. The number of fused-ring (bicyclic) bond motifs is 1. The Kier molecular flexibility index (Phi) is 4.47. The van der Waals surface area contributed by atoms with Crippen LogP contribution in [0.15, 0.2) is 54.9 Å². The van der Waals surface area contributed by atoms with Crippen molar-refractivity contribution in [2.75, 3.05) is 7.05 Å². The van der Waals surface area contributed by atoms with Crippen molar-refractivity contribution in [1.29, 1.82) is 0 Å². The summed E-state index contributed by atoms with van der Waals surface area (Å²) in [6.45, 7) is 5.95. The van der Waals surface area contributed by atoms with Crippen LogP contribution in [0.3, 0.4) is 0 Å². The maximum atomic E-state index is 13.1. The average Bonchev–Trinajstić information content (AvgIpc) is 3.29. The third-order valence-corrected chi connectivity index (χ3v) is 5.27. The van der Waals surface area contributed by atoms with Crippen LogP contribution in [-0.2, 0) is 0 Å². The molecule has 0 aliphatic carbocycles. The highest BCUT2D eigenvalue weighted by Crippen LogP contribution is 2.26. The van der Waals surface area contributed by atoms with Gasteiger partial charge in [0.2, 0.25) is 0 Å². The number of carbonyl (C=O) groups excluding carboxylic acids is 1. The average molecular weight is 373 g/mol. The van der Waals surface area contributed by atoms with Gasteiger partial charge in [-0.05, 0) is 32.9 Å². The molecule has 0 spiro atoms. The first-order valence-electron chi connectivity index (χ1n) is 9.28. The molecule has 6 nitrogen and oxygen atoms in total. The fraction of sp³-hybridized carbons (Fsp3) is 0.227. The van der Waals surface area contributed by atoms with Crippen LogP contribution < -0.4 is 0 Å². The first kappa shape index (κ1) is 18.0. The standard InChI is InChI=1S/C22H23N5O/c1-14-21(15(2)25-24-14)16(3)26(4)22(28)18-10-11-20-23-19(13-27(20)12-18)17-8-6-5-7-9-17/h5-13,16H,1-4H3,(H,24,25)/t16-/m1/s1. The Balaban J connectivity index is 1.64. The summed E-state index contributed by atoms with van der Waals surface area (Å²) in [5.41, 5.74) is 6.34. The zero-order valence-electron chi connectivity index (χ0n) is 16.5. The van der Waals surface area contributed by atoms with E-state index in [0.29, 0.717) is 5.56 Å². The van der Waals surface area contributed by atoms with E-state index in [4.69, 9.17) is 0 Å². The normalized spacial score (nSPS) is 12.3. The molecule has 6 heteroatoms. The lowest BCUT2D eigenvalue weighted by atomic mass is 10.0. The van der Waals surface area contributed by atoms with Gasteiger partial charge < -0.3 is 9.30 Å². The lowest BCUT2D eigenvalue weighted by molar-refractivity contribution is 0.0741. The quantitative estimate of drug-likeness (QED) is 0.584. The second kappa shape index (κ2) is 6.96. The summed E-state index contributed by atoms with van der Waals surface area (Å²) in [4.78, 5) is 19.5. The number of pyridine rings is 1. The van der Waals surface area contributed by atoms with Gasteiger partial charge in [0.1, 0.15) is 5.65 Å². The monoisotopic (exact) mass is 373 g/mol. The number of hydrogen-bond donors (Lipinski definition) is 1. The molecule has 4 aromatic rings. The molecule has 4 rings (SSSR count). The molecule has 0 saturated heterocycles. The molecular weight excluding hydrogens is 350 g/mol. The first-order chi connectivity index (χ1) is 13.5. The van der Waals surface area contributed by atoms with E-state index >= 15 is 0 Å². The molecule has 142 valence electrons. The van der Waals surface area contributed by atoms with Gasteiger partial charge in [0.25, 0.3) is 5.91 Å². The Morgan fingerprint density at radius 1 is 1.11 bits per heavy atom. The minimum atomic E-state index is -0.0791. The minimum absolute atomic E-state index is 0.0376. The number of amides is 1. The fourth-order valence-electron chi connectivity index (χ4n) is 3.61. The predicted octanol–water partition coefficient (Wildman–Crippen LogP) is 4.17. The zero-order chi connectivity index (χ0) is 19.8. The lowest BCUT2D eigenvalue weighted by Gasteiger charge is -2.25. The van der Waals surface area contributed by atoms with E-state index in [1.807, 2.05) is 87.1 Å². The van der Waals surface area contributed by atoms with Gasteiger partial charge in [0, 0.05) is 36.3 Å². The van der Waals surface area contributed by atoms with Crippen LogP contribution in [0, 0.1) is 13.8 Å². The van der Waals surface area contributed by atoms with Gasteiger partial charge in [0.15, 0.2) is 0 Å². The number of aryl methyl sites for hydroxylation is 2. The summed E-state index contributed by atoms with van der Waals surface area (Å²) in [5.74, 6) is -0.0376. The van der Waals surface area contributed by atoms with Gasteiger partial charge in [-0.2, -0.15) is 5.10 Å². The van der Waals surface area contributed by atoms with Crippen LogP contribution in [0.25, 0.3) is 16.9 Å². The molecule has 3 aromatic heterocycles. The number of nitrogens with zero attached hydrogens (tertiary/aromatic N) is 4. The van der Waals surface area contributed by atoms with Crippen LogP contribution >= 0.6 is 0 Å². The summed E-state index contributed by atoms with van der Waals surface area (Å²) in [5, 5.41) is 7.24. The van der Waals surface area contributed by atoms with Crippen molar-refractivity contribution < 1.29 is 4.79 Å². The number of hydrogen-bond acceptors (Lipinski definition) is 3. The number of imidazole rings is 1. The predicted molar refractivity (Wildman–Crippen MR) is 109 cm³/mol. The van der Waals surface area contributed by atoms with Crippen molar-refractivity contribution in [3.63, 3.8) is 0 Å². The Morgan fingerprint density at radius 2 is 1.86 bits per heavy atom. The van der Waals surface area contributed by atoms with Gasteiger partial charge in [-0.25, -0.2) is 4.98 Å². The van der Waals surface area contributed by atoms with Crippen LogP contribution in [0.4, 0.5) is 0 Å². The van der Waals surface area contributed by atoms with Crippen LogP contribution in [0.1, 0.15) is 40.3 Å². The van der Waals surface area contributed by atoms with Crippen molar-refractivity contribution >= 4 is 11.6 Å². The number of H-pyrrole nitrogens is 1. The van der Waals surface area contributed by atoms with E-state index in [1.165, 1.54) is 0 Å². The Hall–Kier alpha value is -3.41. The first-order valence-corrected chi connectivity index (χ1v) is 9.28. The lowest BCUT2D eigenvalue weighted by Crippen LogP contribution is -2.30. The van der Waals surface area contributed by atoms with Crippen LogP contribution in [0.5, 0.6) is 0 Å².